The lowest BCUT2D eigenvalue weighted by Crippen LogP contribution is -2.19. The lowest BCUT2D eigenvalue weighted by Gasteiger charge is -2.11. The van der Waals surface area contributed by atoms with Crippen LogP contribution in [0.15, 0.2) is 340 Å². The van der Waals surface area contributed by atoms with Gasteiger partial charge in [0, 0.05) is 134 Å². The number of nitro benzene ring substituents is 3. The van der Waals surface area contributed by atoms with Gasteiger partial charge in [-0.25, -0.2) is 29.7 Å². The third-order valence-electron chi connectivity index (χ3n) is 25.6. The summed E-state index contributed by atoms with van der Waals surface area (Å²) in [6.45, 7) is -0.640. The summed E-state index contributed by atoms with van der Waals surface area (Å²) in [7, 11) is 0. The highest BCUT2D eigenvalue weighted by Gasteiger charge is 2.42. The minimum atomic E-state index is -1.10. The molecular formula is C119H74N14O12. The number of amides is 2. The van der Waals surface area contributed by atoms with E-state index >= 15 is 9.59 Å². The predicted octanol–water partition coefficient (Wildman–Crippen LogP) is 26.4. The molecule has 26 heteroatoms. The molecule has 0 radical (unpaired) electrons. The average molecular weight is 1890 g/mol. The van der Waals surface area contributed by atoms with Crippen LogP contribution in [0.5, 0.6) is 5.75 Å². The van der Waals surface area contributed by atoms with Crippen molar-refractivity contribution in [3.8, 4) is 118 Å². The number of esters is 1. The minimum absolute atomic E-state index is 0.167. The van der Waals surface area contributed by atoms with Gasteiger partial charge in [0.15, 0.2) is 5.78 Å². The Hall–Kier alpha value is -20.6. The number of pyridine rings is 1. The van der Waals surface area contributed by atoms with Crippen LogP contribution in [0.1, 0.15) is 104 Å². The van der Waals surface area contributed by atoms with Crippen LogP contribution in [0.2, 0.25) is 0 Å². The largest absolute Gasteiger partial charge is 0.490 e. The van der Waals surface area contributed by atoms with E-state index in [1.54, 1.807) is 36.4 Å². The topological polar surface area (TPSA) is 368 Å². The normalized spacial score (nSPS) is 11.9. The van der Waals surface area contributed by atoms with E-state index in [0.717, 1.165) is 141 Å². The van der Waals surface area contributed by atoms with Crippen molar-refractivity contribution in [2.24, 2.45) is 0 Å². The maximum atomic E-state index is 15.5. The van der Waals surface area contributed by atoms with E-state index in [-0.39, 0.29) is 23.6 Å². The van der Waals surface area contributed by atoms with E-state index in [1.165, 1.54) is 12.1 Å². The molecule has 23 rings (SSSR count). The number of carbonyl (C=O) groups is 4. The molecule has 6 N–H and O–H groups in total. The number of nitrogens with one attached hydrogen (secondary N) is 6. The van der Waals surface area contributed by atoms with Crippen molar-refractivity contribution >= 4 is 145 Å². The van der Waals surface area contributed by atoms with Gasteiger partial charge in [0.2, 0.25) is 0 Å². The Morgan fingerprint density at radius 3 is 0.924 bits per heavy atom. The Bertz CT molecular complexity index is 8640. The number of carbonyl (C=O) groups excluding carboxylic acids is 4. The zero-order valence-corrected chi connectivity index (χ0v) is 76.3. The number of aromatic amines is 4. The van der Waals surface area contributed by atoms with Gasteiger partial charge in [-0.15, -0.1) is 0 Å². The molecule has 26 nitrogen and oxygen atoms in total. The summed E-state index contributed by atoms with van der Waals surface area (Å²) in [6.07, 6.45) is 16.3. The maximum absolute atomic E-state index is 15.5. The lowest BCUT2D eigenvalue weighted by atomic mass is 9.99. The van der Waals surface area contributed by atoms with Gasteiger partial charge in [-0.2, -0.15) is 0 Å². The summed E-state index contributed by atoms with van der Waals surface area (Å²) in [6, 6.07) is 105. The quantitative estimate of drug-likeness (QED) is 0.0136. The van der Waals surface area contributed by atoms with Gasteiger partial charge in [0.05, 0.1) is 83.1 Å². The zero-order chi connectivity index (χ0) is 98.5. The molecule has 7 aromatic heterocycles. The first kappa shape index (κ1) is 88.4. The number of hydrogen-bond donors (Lipinski definition) is 6. The second kappa shape index (κ2) is 37.4. The van der Waals surface area contributed by atoms with Crippen molar-refractivity contribution in [3.63, 3.8) is 0 Å². The van der Waals surface area contributed by atoms with Crippen molar-refractivity contribution in [2.75, 3.05) is 23.8 Å². The number of nitro groups is 3. The van der Waals surface area contributed by atoms with Gasteiger partial charge >= 0.3 is 5.97 Å². The first-order chi connectivity index (χ1) is 71.0. The van der Waals surface area contributed by atoms with Crippen LogP contribution >= 0.6 is 0 Å². The molecule has 145 heavy (non-hydrogen) atoms. The number of non-ortho nitro benzene ring substituents is 1. The molecule has 0 spiro atoms. The van der Waals surface area contributed by atoms with E-state index in [0.29, 0.717) is 84.8 Å². The minimum Gasteiger partial charge on any atom is -0.490 e. The summed E-state index contributed by atoms with van der Waals surface area (Å²) in [5.41, 5.74) is 22.0. The number of nitrogens with zero attached hydrogens (tertiary/aromatic N) is 8. The fourth-order valence-corrected chi connectivity index (χ4v) is 19.1. The molecule has 18 aromatic rings. The van der Waals surface area contributed by atoms with Crippen LogP contribution in [0, 0.1) is 42.2 Å². The Kier molecular flexibility index (Phi) is 22.8. The van der Waals surface area contributed by atoms with E-state index in [1.807, 2.05) is 194 Å². The highest BCUT2D eigenvalue weighted by atomic mass is 16.6. The smallest absolute Gasteiger partial charge is 0.338 e. The van der Waals surface area contributed by atoms with Gasteiger partial charge in [0.1, 0.15) is 30.4 Å². The van der Waals surface area contributed by atoms with Crippen LogP contribution in [-0.2, 0) is 4.74 Å². The van der Waals surface area contributed by atoms with Crippen LogP contribution in [0.4, 0.5) is 28.4 Å². The summed E-state index contributed by atoms with van der Waals surface area (Å²) in [5, 5.41) is 42.7. The molecule has 0 fully saturated rings. The van der Waals surface area contributed by atoms with Gasteiger partial charge in [-0.1, -0.05) is 218 Å². The Balaban J connectivity index is 0.603. The van der Waals surface area contributed by atoms with Crippen molar-refractivity contribution in [1.82, 2.24) is 44.9 Å². The summed E-state index contributed by atoms with van der Waals surface area (Å²) in [4.78, 5) is 134. The van der Waals surface area contributed by atoms with E-state index < -0.39 is 89.8 Å². The van der Waals surface area contributed by atoms with Gasteiger partial charge < -0.3 is 40.0 Å². The van der Waals surface area contributed by atoms with Crippen molar-refractivity contribution < 1.29 is 43.4 Å². The van der Waals surface area contributed by atoms with Crippen LogP contribution in [0.3, 0.4) is 0 Å². The number of H-pyrrole nitrogens is 4. The second-order valence-electron chi connectivity index (χ2n) is 34.6. The molecule has 0 saturated heterocycles. The lowest BCUT2D eigenvalue weighted by molar-refractivity contribution is -0.394. The van der Waals surface area contributed by atoms with Crippen LogP contribution < -0.4 is 15.4 Å². The molecular weight excluding hydrogens is 1820 g/mol. The summed E-state index contributed by atoms with van der Waals surface area (Å²) < 4.78 is 11.4. The number of aromatic nitrogens is 9. The van der Waals surface area contributed by atoms with Gasteiger partial charge in [-0.3, -0.25) is 44.7 Å². The van der Waals surface area contributed by atoms with Gasteiger partial charge in [0.25, 0.3) is 28.9 Å². The van der Waals surface area contributed by atoms with Crippen molar-refractivity contribution in [1.29, 1.82) is 0 Å². The number of ether oxygens (including phenoxy) is 2. The number of benzene rings is 11. The Labute approximate surface area is 824 Å². The van der Waals surface area contributed by atoms with Crippen LogP contribution in [-0.4, -0.2) is 96.4 Å². The van der Waals surface area contributed by atoms with E-state index in [9.17, 15) is 39.9 Å². The Morgan fingerprint density at radius 2 is 0.600 bits per heavy atom. The molecule has 2 amide bonds. The molecule has 5 aliphatic rings. The van der Waals surface area contributed by atoms with Crippen molar-refractivity contribution in [3.05, 3.63) is 455 Å². The summed E-state index contributed by atoms with van der Waals surface area (Å²) in [5.74, 6) is 3.17. The molecule has 0 atom stereocenters. The molecule has 4 aliphatic heterocycles. The van der Waals surface area contributed by atoms with Crippen LogP contribution in [0.25, 0.3) is 193 Å². The summed E-state index contributed by atoms with van der Waals surface area (Å²) >= 11 is 0. The van der Waals surface area contributed by atoms with E-state index in [2.05, 4.69) is 164 Å². The highest BCUT2D eigenvalue weighted by Crippen LogP contribution is 2.51. The molecule has 1 aliphatic carbocycles. The third-order valence-corrected chi connectivity index (χ3v) is 25.6. The number of ketones is 1. The first-order valence-electron chi connectivity index (χ1n) is 46.2. The van der Waals surface area contributed by atoms with E-state index in [4.69, 9.17) is 34.4 Å². The predicted molar refractivity (Wildman–Crippen MR) is 565 cm³/mol. The van der Waals surface area contributed by atoms with Gasteiger partial charge in [-0.05, 0) is 208 Å². The fourth-order valence-electron chi connectivity index (χ4n) is 19.1. The second-order valence-corrected chi connectivity index (χ2v) is 34.6. The molecule has 16 bridgehead atoms. The zero-order valence-electron chi connectivity index (χ0n) is 76.3. The Morgan fingerprint density at radius 1 is 0.297 bits per heavy atom. The molecule has 11 heterocycles. The fraction of sp³-hybridized carbons (Fsp3) is 0.0168. The van der Waals surface area contributed by atoms with Crippen molar-refractivity contribution in [2.45, 2.75) is 0 Å². The number of hydrogen-bond acceptors (Lipinski definition) is 17. The third kappa shape index (κ3) is 17.2. The standard InChI is InChI=1S/C119H74N14O12/c134-116-84-65-79(66-104(132(140)141)114(84)115-85(116)67-82(131(138)139)68-105(115)133(142)143)119(137)145-60-59-144-83-41-39-69(40-42-83)37-38-70-61-102(117(135)120-80-35-19-33-77(63-80)112-98-55-51-94(126-98)108(73-25-11-3-12-26-73)90-47-43-86(122-90)106(71-21-7-1-8-22-71)87-44-48-91(123-87)109(74-27-13-4-14-28-74)95-52-56-99(112)127-95)130-103(62-70)118(136)121-81-36-20-34-78(64-81)113-100-57-53-96(128-100)110(75-29-15-5-16-30-75)92-49-45-88(124-92)107(72-23-9-2-10-24-72)89-46-50-93(125-89)111(76-31-17-6-18-32-76)97-54-58-101(113)129-97/h1-36,39-58,61-68,122,124,127,129H,59-60H2,(H,120,135)(H,121,136). The molecule has 0 unspecified atom stereocenters. The SMILES string of the molecule is O=C(OCCOc1ccc(C#Cc2cc(C(=O)Nc3cccc(-c4c5nc(c(-c6ccccc6)c6ccc([nH]6)c(-c6ccccc6)c6nc(c(-c7ccccc7)c7ccc4[nH]7)C=C6)C=C5)c3)nc(C(=O)Nc3cccc(-c4c5nc(c(-c6ccccc6)c6ccc([nH]6)c(-c6ccccc6)c6nc(c(-c7ccccc7)c7ccc4[nH]7)C=C6)C=C5)c3)c2)cc1)c1cc2c(c([N+](=O)[O-])c1)-c1c(cc([N+](=O)[O-])cc1[N+](=O)[O-])C2=O. The first-order valence-corrected chi connectivity index (χ1v) is 46.2. The molecule has 692 valence electrons. The maximum Gasteiger partial charge on any atom is 0.338 e. The number of fused-ring (bicyclic) bond motifs is 19. The number of anilines is 2. The highest BCUT2D eigenvalue weighted by molar-refractivity contribution is 6.26. The average Bonchev–Trinajstić information content (AvgIpc) is 1.57. The monoisotopic (exact) mass is 1890 g/mol. The molecule has 0 saturated carbocycles. The number of rotatable bonds is 20. The molecule has 11 aromatic carbocycles.